The highest BCUT2D eigenvalue weighted by molar-refractivity contribution is 5.93. The molecule has 1 aromatic carbocycles. The van der Waals surface area contributed by atoms with E-state index in [1.807, 2.05) is 24.3 Å². The lowest BCUT2D eigenvalue weighted by Crippen LogP contribution is -2.48. The fourth-order valence-electron chi connectivity index (χ4n) is 2.47. The van der Waals surface area contributed by atoms with E-state index in [-0.39, 0.29) is 24.7 Å². The molecule has 21 heavy (non-hydrogen) atoms. The molecule has 7 heteroatoms. The van der Waals surface area contributed by atoms with Gasteiger partial charge in [0.15, 0.2) is 0 Å². The van der Waals surface area contributed by atoms with Crippen molar-refractivity contribution in [3.05, 3.63) is 47.1 Å². The van der Waals surface area contributed by atoms with E-state index in [4.69, 9.17) is 4.52 Å². The molecule has 108 valence electrons. The van der Waals surface area contributed by atoms with Crippen LogP contribution >= 0.6 is 0 Å². The summed E-state index contributed by atoms with van der Waals surface area (Å²) >= 11 is 0. The third kappa shape index (κ3) is 2.37. The van der Waals surface area contributed by atoms with Crippen LogP contribution in [0.15, 0.2) is 28.8 Å². The second kappa shape index (κ2) is 5.01. The number of nitrogens with zero attached hydrogens (tertiary/aromatic N) is 3. The van der Waals surface area contributed by atoms with Crippen molar-refractivity contribution >= 4 is 11.9 Å². The second-order valence-corrected chi connectivity index (χ2v) is 4.90. The van der Waals surface area contributed by atoms with Crippen molar-refractivity contribution in [1.82, 2.24) is 15.0 Å². The van der Waals surface area contributed by atoms with E-state index in [2.05, 4.69) is 10.1 Å². The topological polar surface area (TPSA) is 96.5 Å². The van der Waals surface area contributed by atoms with Crippen LogP contribution in [0.1, 0.15) is 27.6 Å². The number of aromatic nitrogens is 2. The molecule has 0 unspecified atom stereocenters. The van der Waals surface area contributed by atoms with Gasteiger partial charge in [0.1, 0.15) is 6.04 Å². The molecular formula is C14H13N3O4. The van der Waals surface area contributed by atoms with E-state index in [9.17, 15) is 14.7 Å². The minimum atomic E-state index is -1.04. The molecule has 1 amide bonds. The molecule has 1 atom stereocenters. The SMILES string of the molecule is Cc1nc(C(=O)N2Cc3ccccc3C[C@H]2C(=O)O)no1. The lowest BCUT2D eigenvalue weighted by Gasteiger charge is -2.33. The van der Waals surface area contributed by atoms with E-state index in [0.717, 1.165) is 11.1 Å². The molecule has 0 fully saturated rings. The fourth-order valence-corrected chi connectivity index (χ4v) is 2.47. The third-order valence-corrected chi connectivity index (χ3v) is 3.51. The molecule has 0 spiro atoms. The van der Waals surface area contributed by atoms with Gasteiger partial charge in [-0.3, -0.25) is 4.79 Å². The number of hydrogen-bond donors (Lipinski definition) is 1. The number of benzene rings is 1. The van der Waals surface area contributed by atoms with Gasteiger partial charge in [0.05, 0.1) is 0 Å². The predicted molar refractivity (Wildman–Crippen MR) is 70.5 cm³/mol. The smallest absolute Gasteiger partial charge is 0.326 e. The van der Waals surface area contributed by atoms with E-state index >= 15 is 0 Å². The van der Waals surface area contributed by atoms with Crippen LogP contribution in [0.5, 0.6) is 0 Å². The third-order valence-electron chi connectivity index (χ3n) is 3.51. The molecule has 1 aliphatic rings. The van der Waals surface area contributed by atoms with Crippen LogP contribution in [0.3, 0.4) is 0 Å². The van der Waals surface area contributed by atoms with Crippen LogP contribution in [0.2, 0.25) is 0 Å². The van der Waals surface area contributed by atoms with Gasteiger partial charge < -0.3 is 14.5 Å². The summed E-state index contributed by atoms with van der Waals surface area (Å²) in [6.45, 7) is 1.80. The average Bonchev–Trinajstić information content (AvgIpc) is 2.91. The number of aryl methyl sites for hydroxylation is 1. The Labute approximate surface area is 120 Å². The van der Waals surface area contributed by atoms with Crippen LogP contribution in [-0.2, 0) is 17.8 Å². The van der Waals surface area contributed by atoms with Crippen molar-refractivity contribution in [2.75, 3.05) is 0 Å². The number of fused-ring (bicyclic) bond motifs is 1. The molecule has 2 heterocycles. The molecule has 0 saturated carbocycles. The highest BCUT2D eigenvalue weighted by Gasteiger charge is 2.36. The van der Waals surface area contributed by atoms with Gasteiger partial charge in [-0.2, -0.15) is 4.98 Å². The Kier molecular flexibility index (Phi) is 3.17. The number of aliphatic carboxylic acids is 1. The highest BCUT2D eigenvalue weighted by Crippen LogP contribution is 2.24. The number of carboxylic acid groups (broad SMARTS) is 1. The first-order valence-corrected chi connectivity index (χ1v) is 6.47. The highest BCUT2D eigenvalue weighted by atomic mass is 16.5. The van der Waals surface area contributed by atoms with Crippen LogP contribution in [0.4, 0.5) is 0 Å². The van der Waals surface area contributed by atoms with Crippen molar-refractivity contribution in [2.45, 2.75) is 25.9 Å². The van der Waals surface area contributed by atoms with Gasteiger partial charge in [0.2, 0.25) is 5.89 Å². The monoisotopic (exact) mass is 287 g/mol. The molecule has 7 nitrogen and oxygen atoms in total. The zero-order valence-corrected chi connectivity index (χ0v) is 11.3. The van der Waals surface area contributed by atoms with Crippen LogP contribution in [-0.4, -0.2) is 38.1 Å². The lowest BCUT2D eigenvalue weighted by atomic mass is 9.94. The molecule has 3 rings (SSSR count). The van der Waals surface area contributed by atoms with Gasteiger partial charge in [-0.1, -0.05) is 29.4 Å². The summed E-state index contributed by atoms with van der Waals surface area (Å²) in [5.41, 5.74) is 1.88. The van der Waals surface area contributed by atoms with Crippen LogP contribution in [0, 0.1) is 6.92 Å². The quantitative estimate of drug-likeness (QED) is 0.886. The van der Waals surface area contributed by atoms with Crippen LogP contribution < -0.4 is 0 Å². The molecule has 0 saturated heterocycles. The normalized spacial score (nSPS) is 17.4. The maximum absolute atomic E-state index is 12.4. The average molecular weight is 287 g/mol. The molecule has 0 radical (unpaired) electrons. The summed E-state index contributed by atoms with van der Waals surface area (Å²) in [6.07, 6.45) is 0.272. The first-order valence-electron chi connectivity index (χ1n) is 6.47. The van der Waals surface area contributed by atoms with Gasteiger partial charge in [0, 0.05) is 19.9 Å². The molecule has 1 aromatic heterocycles. The van der Waals surface area contributed by atoms with Crippen molar-refractivity contribution in [3.8, 4) is 0 Å². The summed E-state index contributed by atoms with van der Waals surface area (Å²) in [7, 11) is 0. The zero-order chi connectivity index (χ0) is 15.0. The molecule has 0 bridgehead atoms. The van der Waals surface area contributed by atoms with Crippen molar-refractivity contribution in [1.29, 1.82) is 0 Å². The Morgan fingerprint density at radius 3 is 2.67 bits per heavy atom. The van der Waals surface area contributed by atoms with Crippen LogP contribution in [0.25, 0.3) is 0 Å². The van der Waals surface area contributed by atoms with E-state index < -0.39 is 17.9 Å². The molecule has 1 aliphatic heterocycles. The number of carbonyl (C=O) groups excluding carboxylic acids is 1. The summed E-state index contributed by atoms with van der Waals surface area (Å²) in [6, 6.07) is 6.56. The van der Waals surface area contributed by atoms with Crippen molar-refractivity contribution < 1.29 is 19.2 Å². The van der Waals surface area contributed by atoms with E-state index in [0.29, 0.717) is 0 Å². The Bertz CT molecular complexity index is 710. The van der Waals surface area contributed by atoms with Crippen molar-refractivity contribution in [3.63, 3.8) is 0 Å². The van der Waals surface area contributed by atoms with E-state index in [1.54, 1.807) is 6.92 Å². The number of rotatable bonds is 2. The summed E-state index contributed by atoms with van der Waals surface area (Å²) in [5, 5.41) is 12.9. The Morgan fingerprint density at radius 2 is 2.05 bits per heavy atom. The standard InChI is InChI=1S/C14H13N3O4/c1-8-15-12(16-21-8)13(18)17-7-10-5-3-2-4-9(10)6-11(17)14(19)20/h2-5,11H,6-7H2,1H3,(H,19,20)/t11-/m0/s1. The van der Waals surface area contributed by atoms with Gasteiger partial charge in [-0.25, -0.2) is 4.79 Å². The largest absolute Gasteiger partial charge is 0.480 e. The summed E-state index contributed by atoms with van der Waals surface area (Å²) in [5.74, 6) is -1.42. The Hall–Kier alpha value is -2.70. The number of amides is 1. The summed E-state index contributed by atoms with van der Waals surface area (Å²) < 4.78 is 4.79. The molecule has 0 aliphatic carbocycles. The van der Waals surface area contributed by atoms with Crippen molar-refractivity contribution in [2.24, 2.45) is 0 Å². The first-order chi connectivity index (χ1) is 10.1. The number of carbonyl (C=O) groups is 2. The van der Waals surface area contributed by atoms with Gasteiger partial charge in [-0.05, 0) is 11.1 Å². The van der Waals surface area contributed by atoms with Gasteiger partial charge in [-0.15, -0.1) is 0 Å². The number of carboxylic acids is 1. The lowest BCUT2D eigenvalue weighted by molar-refractivity contribution is -0.142. The first kappa shape index (κ1) is 13.3. The minimum Gasteiger partial charge on any atom is -0.480 e. The van der Waals surface area contributed by atoms with E-state index in [1.165, 1.54) is 4.90 Å². The number of hydrogen-bond acceptors (Lipinski definition) is 5. The fraction of sp³-hybridized carbons (Fsp3) is 0.286. The minimum absolute atomic E-state index is 0.113. The molecule has 1 N–H and O–H groups in total. The maximum Gasteiger partial charge on any atom is 0.326 e. The van der Waals surface area contributed by atoms with Gasteiger partial charge >= 0.3 is 5.97 Å². The molecule has 2 aromatic rings. The Morgan fingerprint density at radius 1 is 1.33 bits per heavy atom. The predicted octanol–water partition coefficient (Wildman–Crippen LogP) is 1.03. The molecular weight excluding hydrogens is 274 g/mol. The second-order valence-electron chi connectivity index (χ2n) is 4.90. The zero-order valence-electron chi connectivity index (χ0n) is 11.3. The maximum atomic E-state index is 12.4. The summed E-state index contributed by atoms with van der Waals surface area (Å²) in [4.78, 5) is 29.0. The Balaban J connectivity index is 1.96. The van der Waals surface area contributed by atoms with Gasteiger partial charge in [0.25, 0.3) is 11.7 Å².